The smallest absolute Gasteiger partial charge is 0.269 e. The van der Waals surface area contributed by atoms with Gasteiger partial charge in [-0.2, -0.15) is 10.2 Å². The average molecular weight is 409 g/mol. The van der Waals surface area contributed by atoms with Gasteiger partial charge < -0.3 is 10.1 Å². The Bertz CT molecular complexity index is 1220. The molecule has 2 aromatic heterocycles. The minimum absolute atomic E-state index is 0.0316. The molecule has 0 radical (unpaired) electrons. The second-order valence-electron chi connectivity index (χ2n) is 6.08. The van der Waals surface area contributed by atoms with E-state index in [2.05, 4.69) is 10.3 Å². The molecule has 146 valence electrons. The molecular formula is C21H17ClN4O3. The van der Waals surface area contributed by atoms with Crippen molar-refractivity contribution in [2.24, 2.45) is 0 Å². The van der Waals surface area contributed by atoms with Crippen molar-refractivity contribution in [3.05, 3.63) is 74.7 Å². The van der Waals surface area contributed by atoms with Crippen molar-refractivity contribution in [2.75, 3.05) is 6.54 Å². The van der Waals surface area contributed by atoms with E-state index in [1.54, 1.807) is 43.5 Å². The summed E-state index contributed by atoms with van der Waals surface area (Å²) >= 11 is 6.17. The van der Waals surface area contributed by atoms with E-state index in [1.165, 1.54) is 10.5 Å². The van der Waals surface area contributed by atoms with Gasteiger partial charge in [-0.25, -0.2) is 0 Å². The van der Waals surface area contributed by atoms with Crippen LogP contribution in [0.2, 0.25) is 5.02 Å². The Labute approximate surface area is 171 Å². The summed E-state index contributed by atoms with van der Waals surface area (Å²) in [6.45, 7) is 3.88. The van der Waals surface area contributed by atoms with Crippen LogP contribution in [0.25, 0.3) is 11.7 Å². The lowest BCUT2D eigenvalue weighted by Gasteiger charge is -2.12. The highest BCUT2D eigenvalue weighted by Crippen LogP contribution is 2.30. The first kappa shape index (κ1) is 20.1. The third-order valence-electron chi connectivity index (χ3n) is 4.08. The molecule has 0 bridgehead atoms. The first-order valence-corrected chi connectivity index (χ1v) is 9.18. The first-order chi connectivity index (χ1) is 14.0. The van der Waals surface area contributed by atoms with E-state index < -0.39 is 11.5 Å². The van der Waals surface area contributed by atoms with Gasteiger partial charge in [0.15, 0.2) is 0 Å². The van der Waals surface area contributed by atoms with Gasteiger partial charge >= 0.3 is 0 Å². The van der Waals surface area contributed by atoms with Gasteiger partial charge in [-0.05, 0) is 43.7 Å². The summed E-state index contributed by atoms with van der Waals surface area (Å²) in [5.41, 5.74) is 0.414. The second kappa shape index (κ2) is 8.59. The zero-order chi connectivity index (χ0) is 21.0. The number of pyridine rings is 1. The molecule has 8 heteroatoms. The number of benzene rings is 1. The Kier molecular flexibility index (Phi) is 5.96. The van der Waals surface area contributed by atoms with Crippen LogP contribution in [0.3, 0.4) is 0 Å². The second-order valence-corrected chi connectivity index (χ2v) is 6.49. The minimum atomic E-state index is -0.590. The number of amides is 1. The summed E-state index contributed by atoms with van der Waals surface area (Å²) in [6.07, 6.45) is 2.74. The van der Waals surface area contributed by atoms with E-state index in [9.17, 15) is 14.9 Å². The van der Waals surface area contributed by atoms with Crippen molar-refractivity contribution in [3.63, 3.8) is 0 Å². The van der Waals surface area contributed by atoms with Crippen molar-refractivity contribution < 1.29 is 9.53 Å². The number of carbonyl (C=O) groups excluding carboxylic acids is 1. The van der Waals surface area contributed by atoms with Crippen LogP contribution < -0.4 is 15.6 Å². The van der Waals surface area contributed by atoms with Gasteiger partial charge in [0.2, 0.25) is 5.88 Å². The molecule has 1 aromatic carbocycles. The normalized spacial score (nSPS) is 11.2. The van der Waals surface area contributed by atoms with Crippen molar-refractivity contribution in [1.29, 1.82) is 5.26 Å². The van der Waals surface area contributed by atoms with E-state index in [0.29, 0.717) is 23.0 Å². The Morgan fingerprint density at radius 2 is 2.10 bits per heavy atom. The lowest BCUT2D eigenvalue weighted by molar-refractivity contribution is -0.116. The number of rotatable bonds is 5. The Morgan fingerprint density at radius 1 is 1.34 bits per heavy atom. The fraction of sp³-hybridized carbons (Fsp3) is 0.143. The largest absolute Gasteiger partial charge is 0.437 e. The van der Waals surface area contributed by atoms with E-state index >= 15 is 0 Å². The number of ether oxygens (including phenoxy) is 1. The molecule has 0 spiro atoms. The standard InChI is InChI=1S/C21H17ClN4O3/c1-3-24-19(27)14(12-23)11-15-20(29-17-9-5-4-8-16(17)22)25-18-13(2)7-6-10-26(18)21(15)28/h4-11H,3H2,1-2H3,(H,24,27)/b14-11+. The lowest BCUT2D eigenvalue weighted by atomic mass is 10.1. The molecule has 0 fully saturated rings. The Morgan fingerprint density at radius 3 is 2.79 bits per heavy atom. The lowest BCUT2D eigenvalue weighted by Crippen LogP contribution is -2.25. The van der Waals surface area contributed by atoms with Gasteiger partial charge in [0.05, 0.1) is 5.02 Å². The molecule has 0 aliphatic heterocycles. The monoisotopic (exact) mass is 408 g/mol. The number of nitrogens with zero attached hydrogens (tertiary/aromatic N) is 3. The molecule has 0 aliphatic rings. The van der Waals surface area contributed by atoms with E-state index in [1.807, 2.05) is 19.1 Å². The average Bonchev–Trinajstić information content (AvgIpc) is 2.70. The van der Waals surface area contributed by atoms with Crippen LogP contribution in [0, 0.1) is 18.3 Å². The summed E-state index contributed by atoms with van der Waals surface area (Å²) < 4.78 is 7.17. The Hall–Kier alpha value is -3.63. The zero-order valence-corrected chi connectivity index (χ0v) is 16.5. The number of hydrogen-bond acceptors (Lipinski definition) is 5. The molecular weight excluding hydrogens is 392 g/mol. The van der Waals surface area contributed by atoms with E-state index in [-0.39, 0.29) is 17.0 Å². The van der Waals surface area contributed by atoms with Crippen LogP contribution in [0.15, 0.2) is 53.0 Å². The number of fused-ring (bicyclic) bond motifs is 1. The van der Waals surface area contributed by atoms with Crippen molar-refractivity contribution >= 4 is 29.2 Å². The summed E-state index contributed by atoms with van der Waals surface area (Å²) in [7, 11) is 0. The van der Waals surface area contributed by atoms with Crippen molar-refractivity contribution in [2.45, 2.75) is 13.8 Å². The molecule has 1 amide bonds. The van der Waals surface area contributed by atoms with Crippen molar-refractivity contribution in [3.8, 4) is 17.7 Å². The maximum atomic E-state index is 13.1. The van der Waals surface area contributed by atoms with E-state index in [0.717, 1.165) is 5.56 Å². The minimum Gasteiger partial charge on any atom is -0.437 e. The van der Waals surface area contributed by atoms with Crippen LogP contribution in [0.4, 0.5) is 0 Å². The number of likely N-dealkylation sites (N-methyl/N-ethyl adjacent to an activating group) is 1. The summed E-state index contributed by atoms with van der Waals surface area (Å²) in [5.74, 6) is -0.341. The fourth-order valence-electron chi connectivity index (χ4n) is 2.67. The molecule has 0 atom stereocenters. The van der Waals surface area contributed by atoms with Gasteiger partial charge in [0.1, 0.15) is 28.6 Å². The third-order valence-corrected chi connectivity index (χ3v) is 4.40. The molecule has 2 heterocycles. The summed E-state index contributed by atoms with van der Waals surface area (Å²) in [5, 5.41) is 12.3. The maximum absolute atomic E-state index is 13.1. The van der Waals surface area contributed by atoms with Crippen LogP contribution in [-0.4, -0.2) is 21.8 Å². The molecule has 1 N–H and O–H groups in total. The topological polar surface area (TPSA) is 96.5 Å². The number of carbonyl (C=O) groups is 1. The van der Waals surface area contributed by atoms with Crippen LogP contribution in [0.1, 0.15) is 18.1 Å². The molecule has 3 rings (SSSR count). The molecule has 0 unspecified atom stereocenters. The van der Waals surface area contributed by atoms with Crippen LogP contribution in [0.5, 0.6) is 11.6 Å². The van der Waals surface area contributed by atoms with Crippen molar-refractivity contribution in [1.82, 2.24) is 14.7 Å². The van der Waals surface area contributed by atoms with Gasteiger partial charge in [-0.15, -0.1) is 0 Å². The number of aromatic nitrogens is 2. The number of para-hydroxylation sites is 1. The van der Waals surface area contributed by atoms with Gasteiger partial charge in [-0.1, -0.05) is 29.8 Å². The highest BCUT2D eigenvalue weighted by Gasteiger charge is 2.18. The summed E-state index contributed by atoms with van der Waals surface area (Å²) in [4.78, 5) is 29.7. The maximum Gasteiger partial charge on any atom is 0.269 e. The number of hydrogen-bond donors (Lipinski definition) is 1. The Balaban J connectivity index is 2.27. The highest BCUT2D eigenvalue weighted by atomic mass is 35.5. The van der Waals surface area contributed by atoms with Gasteiger partial charge in [0.25, 0.3) is 11.5 Å². The number of aryl methyl sites for hydroxylation is 1. The van der Waals surface area contributed by atoms with E-state index in [4.69, 9.17) is 16.3 Å². The molecule has 3 aromatic rings. The SMILES string of the molecule is CCNC(=O)/C(C#N)=C/c1c(Oc2ccccc2Cl)nc2c(C)cccn2c1=O. The van der Waals surface area contributed by atoms with Crippen LogP contribution in [-0.2, 0) is 4.79 Å². The highest BCUT2D eigenvalue weighted by molar-refractivity contribution is 6.32. The zero-order valence-electron chi connectivity index (χ0n) is 15.8. The predicted molar refractivity (Wildman–Crippen MR) is 110 cm³/mol. The quantitative estimate of drug-likeness (QED) is 0.515. The molecule has 29 heavy (non-hydrogen) atoms. The number of nitrogens with one attached hydrogen (secondary N) is 1. The number of halogens is 1. The molecule has 7 nitrogen and oxygen atoms in total. The van der Waals surface area contributed by atoms with Gasteiger partial charge in [-0.3, -0.25) is 14.0 Å². The fourth-order valence-corrected chi connectivity index (χ4v) is 2.85. The molecule has 0 saturated heterocycles. The predicted octanol–water partition coefficient (Wildman–Crippen LogP) is 3.49. The third kappa shape index (κ3) is 4.13. The molecule has 0 saturated carbocycles. The van der Waals surface area contributed by atoms with Gasteiger partial charge in [0, 0.05) is 12.7 Å². The summed E-state index contributed by atoms with van der Waals surface area (Å²) in [6, 6.07) is 12.1. The first-order valence-electron chi connectivity index (χ1n) is 8.80. The molecule has 0 aliphatic carbocycles. The number of nitriles is 1. The van der Waals surface area contributed by atoms with Crippen LogP contribution >= 0.6 is 11.6 Å².